The second kappa shape index (κ2) is 5.35. The van der Waals surface area contributed by atoms with Crippen molar-refractivity contribution in [2.24, 2.45) is 0 Å². The van der Waals surface area contributed by atoms with Crippen LogP contribution in [0, 0.1) is 6.92 Å². The summed E-state index contributed by atoms with van der Waals surface area (Å²) in [6, 6.07) is 0. The highest BCUT2D eigenvalue weighted by atomic mass is 19.4. The van der Waals surface area contributed by atoms with E-state index in [0.29, 0.717) is 19.3 Å². The Labute approximate surface area is 68.7 Å². The molecule has 0 amide bonds. The maximum absolute atomic E-state index is 12.0. The molecule has 0 spiro atoms. The molecule has 0 aliphatic carbocycles. The van der Waals surface area contributed by atoms with Crippen molar-refractivity contribution in [2.75, 3.05) is 6.61 Å². The third-order valence-corrected chi connectivity index (χ3v) is 1.17. The van der Waals surface area contributed by atoms with Crippen molar-refractivity contribution >= 4 is 0 Å². The van der Waals surface area contributed by atoms with Crippen molar-refractivity contribution in [3.8, 4) is 0 Å². The molecule has 0 N–H and O–H groups in total. The average molecular weight is 187 g/mol. The van der Waals surface area contributed by atoms with Gasteiger partial charge in [-0.25, -0.2) is 4.39 Å². The highest BCUT2D eigenvalue weighted by Crippen LogP contribution is 2.23. The van der Waals surface area contributed by atoms with Crippen LogP contribution in [-0.4, -0.2) is 19.1 Å². The van der Waals surface area contributed by atoms with Gasteiger partial charge in [-0.2, -0.15) is 13.2 Å². The molecule has 0 bridgehead atoms. The third-order valence-electron chi connectivity index (χ3n) is 1.17. The SMILES string of the molecule is [CH2]CCCCOC(F)C(F)(F)F. The maximum Gasteiger partial charge on any atom is 0.445 e. The number of hydrogen-bond acceptors (Lipinski definition) is 1. The predicted octanol–water partition coefficient (Wildman–Crippen LogP) is 2.87. The van der Waals surface area contributed by atoms with Gasteiger partial charge in [0.1, 0.15) is 0 Å². The van der Waals surface area contributed by atoms with E-state index in [2.05, 4.69) is 11.7 Å². The van der Waals surface area contributed by atoms with E-state index in [1.165, 1.54) is 0 Å². The number of hydrogen-bond donors (Lipinski definition) is 0. The molecule has 0 saturated heterocycles. The van der Waals surface area contributed by atoms with Gasteiger partial charge in [0.2, 0.25) is 0 Å². The highest BCUT2D eigenvalue weighted by Gasteiger charge is 2.41. The van der Waals surface area contributed by atoms with Crippen molar-refractivity contribution in [1.29, 1.82) is 0 Å². The van der Waals surface area contributed by atoms with Gasteiger partial charge >= 0.3 is 6.18 Å². The Morgan fingerprint density at radius 2 is 1.83 bits per heavy atom. The van der Waals surface area contributed by atoms with Gasteiger partial charge < -0.3 is 4.74 Å². The molecule has 0 fully saturated rings. The number of ether oxygens (including phenoxy) is 1. The molecule has 0 aromatic heterocycles. The van der Waals surface area contributed by atoms with Crippen molar-refractivity contribution < 1.29 is 22.3 Å². The summed E-state index contributed by atoms with van der Waals surface area (Å²) in [4.78, 5) is 0. The van der Waals surface area contributed by atoms with Crippen LogP contribution in [-0.2, 0) is 4.74 Å². The first-order chi connectivity index (χ1) is 5.48. The summed E-state index contributed by atoms with van der Waals surface area (Å²) in [5, 5.41) is 0. The lowest BCUT2D eigenvalue weighted by Gasteiger charge is -2.12. The standard InChI is InChI=1S/C7H11F4O/c1-2-3-4-5-12-6(8)7(9,10)11/h6H,1-5H2. The molecular weight excluding hydrogens is 176 g/mol. The van der Waals surface area contributed by atoms with Crippen molar-refractivity contribution in [3.05, 3.63) is 6.92 Å². The molecule has 1 nitrogen and oxygen atoms in total. The van der Waals surface area contributed by atoms with E-state index in [1.807, 2.05) is 0 Å². The summed E-state index contributed by atoms with van der Waals surface area (Å²) in [6.07, 6.45) is -6.39. The van der Waals surface area contributed by atoms with Gasteiger partial charge in [0, 0.05) is 0 Å². The summed E-state index contributed by atoms with van der Waals surface area (Å²) >= 11 is 0. The zero-order valence-electron chi connectivity index (χ0n) is 6.53. The van der Waals surface area contributed by atoms with E-state index >= 15 is 0 Å². The first-order valence-electron chi connectivity index (χ1n) is 3.60. The lowest BCUT2D eigenvalue weighted by atomic mass is 10.3. The molecule has 0 aliphatic rings. The molecule has 1 unspecified atom stereocenters. The van der Waals surface area contributed by atoms with Gasteiger partial charge in [-0.05, 0) is 6.42 Å². The largest absolute Gasteiger partial charge is 0.445 e. The van der Waals surface area contributed by atoms with Crippen LogP contribution in [0.4, 0.5) is 17.6 Å². The molecule has 0 heterocycles. The lowest BCUT2D eigenvalue weighted by molar-refractivity contribution is -0.264. The van der Waals surface area contributed by atoms with E-state index in [-0.39, 0.29) is 6.61 Å². The Morgan fingerprint density at radius 3 is 2.25 bits per heavy atom. The topological polar surface area (TPSA) is 9.23 Å². The molecule has 0 aromatic rings. The first-order valence-corrected chi connectivity index (χ1v) is 3.60. The third kappa shape index (κ3) is 5.35. The second-order valence-electron chi connectivity index (χ2n) is 2.29. The molecule has 12 heavy (non-hydrogen) atoms. The summed E-state index contributed by atoms with van der Waals surface area (Å²) in [7, 11) is 0. The van der Waals surface area contributed by atoms with Crippen molar-refractivity contribution in [2.45, 2.75) is 31.8 Å². The monoisotopic (exact) mass is 187 g/mol. The van der Waals surface area contributed by atoms with Crippen LogP contribution in [0.2, 0.25) is 0 Å². The van der Waals surface area contributed by atoms with E-state index in [4.69, 9.17) is 0 Å². The van der Waals surface area contributed by atoms with E-state index in [0.717, 1.165) is 0 Å². The average Bonchev–Trinajstić information content (AvgIpc) is 1.96. The first kappa shape index (κ1) is 11.7. The smallest absolute Gasteiger partial charge is 0.341 e. The van der Waals surface area contributed by atoms with Gasteiger partial charge in [0.05, 0.1) is 6.61 Å². The minimum absolute atomic E-state index is 0.212. The quantitative estimate of drug-likeness (QED) is 0.475. The number of alkyl halides is 4. The summed E-state index contributed by atoms with van der Waals surface area (Å²) in [5.74, 6) is 0. The number of rotatable bonds is 5. The van der Waals surface area contributed by atoms with E-state index in [9.17, 15) is 17.6 Å². The summed E-state index contributed by atoms with van der Waals surface area (Å²) < 4.78 is 50.2. The van der Waals surface area contributed by atoms with Crippen molar-refractivity contribution in [1.82, 2.24) is 0 Å². The van der Waals surface area contributed by atoms with Crippen LogP contribution in [0.3, 0.4) is 0 Å². The predicted molar refractivity (Wildman–Crippen MR) is 36.1 cm³/mol. The van der Waals surface area contributed by atoms with E-state index in [1.54, 1.807) is 0 Å². The minimum atomic E-state index is -4.90. The Hall–Kier alpha value is -0.320. The Bertz CT molecular complexity index is 112. The maximum atomic E-state index is 12.0. The normalized spacial score (nSPS) is 14.8. The van der Waals surface area contributed by atoms with Gasteiger partial charge in [-0.3, -0.25) is 0 Å². The van der Waals surface area contributed by atoms with Crippen LogP contribution in [0.1, 0.15) is 19.3 Å². The molecule has 1 atom stereocenters. The lowest BCUT2D eigenvalue weighted by Crippen LogP contribution is -2.27. The molecule has 0 aromatic carbocycles. The molecule has 5 heteroatoms. The summed E-state index contributed by atoms with van der Waals surface area (Å²) in [5.41, 5.74) is 0. The van der Waals surface area contributed by atoms with Crippen molar-refractivity contribution in [3.63, 3.8) is 0 Å². The van der Waals surface area contributed by atoms with Crippen LogP contribution in [0.15, 0.2) is 0 Å². The fourth-order valence-electron chi connectivity index (χ4n) is 0.560. The molecule has 73 valence electrons. The Balaban J connectivity index is 3.38. The number of unbranched alkanes of at least 4 members (excludes halogenated alkanes) is 2. The van der Waals surface area contributed by atoms with Gasteiger partial charge in [0.25, 0.3) is 6.36 Å². The molecule has 0 saturated carbocycles. The fraction of sp³-hybridized carbons (Fsp3) is 0.857. The van der Waals surface area contributed by atoms with Crippen LogP contribution in [0.5, 0.6) is 0 Å². The molecule has 0 rings (SSSR count). The Kier molecular flexibility index (Phi) is 5.20. The number of halogens is 4. The zero-order valence-corrected chi connectivity index (χ0v) is 6.53. The molecule has 0 aliphatic heterocycles. The van der Waals surface area contributed by atoms with E-state index < -0.39 is 12.5 Å². The second-order valence-corrected chi connectivity index (χ2v) is 2.29. The Morgan fingerprint density at radius 1 is 1.25 bits per heavy atom. The zero-order chi connectivity index (χ0) is 9.61. The fourth-order valence-corrected chi connectivity index (χ4v) is 0.560. The van der Waals surface area contributed by atoms with Gasteiger partial charge in [-0.1, -0.05) is 19.8 Å². The van der Waals surface area contributed by atoms with Crippen LogP contribution in [0.25, 0.3) is 0 Å². The molecular formula is C7H11F4O. The van der Waals surface area contributed by atoms with Gasteiger partial charge in [-0.15, -0.1) is 0 Å². The van der Waals surface area contributed by atoms with Crippen LogP contribution < -0.4 is 0 Å². The summed E-state index contributed by atoms with van der Waals surface area (Å²) in [6.45, 7) is 3.27. The minimum Gasteiger partial charge on any atom is -0.341 e. The molecule has 1 radical (unpaired) electrons. The highest BCUT2D eigenvalue weighted by molar-refractivity contribution is 4.53. The van der Waals surface area contributed by atoms with Crippen LogP contribution >= 0.6 is 0 Å². The van der Waals surface area contributed by atoms with Gasteiger partial charge in [0.15, 0.2) is 0 Å².